The SMILES string of the molecule is CSc1nccc(/C(=C\N(C)C)C(=O)c2cccc(C(F)(F)F)c2)n1. The maximum Gasteiger partial charge on any atom is 0.416 e. The summed E-state index contributed by atoms with van der Waals surface area (Å²) in [6.07, 6.45) is 0.331. The summed E-state index contributed by atoms with van der Waals surface area (Å²) in [6.45, 7) is 0. The number of carbonyl (C=O) groups is 1. The number of nitrogens with zero attached hydrogens (tertiary/aromatic N) is 3. The zero-order chi connectivity index (χ0) is 18.6. The van der Waals surface area contributed by atoms with E-state index < -0.39 is 17.5 Å². The van der Waals surface area contributed by atoms with Crippen LogP contribution in [0, 0.1) is 0 Å². The molecule has 0 amide bonds. The molecule has 0 bridgehead atoms. The minimum absolute atomic E-state index is 0.0489. The van der Waals surface area contributed by atoms with Crippen molar-refractivity contribution in [1.82, 2.24) is 14.9 Å². The van der Waals surface area contributed by atoms with E-state index >= 15 is 0 Å². The highest BCUT2D eigenvalue weighted by atomic mass is 32.2. The van der Waals surface area contributed by atoms with Gasteiger partial charge in [-0.25, -0.2) is 9.97 Å². The summed E-state index contributed by atoms with van der Waals surface area (Å²) in [5.74, 6) is -0.537. The van der Waals surface area contributed by atoms with E-state index in [2.05, 4.69) is 9.97 Å². The molecule has 25 heavy (non-hydrogen) atoms. The molecule has 0 saturated carbocycles. The Morgan fingerprint density at radius 3 is 2.56 bits per heavy atom. The van der Waals surface area contributed by atoms with Gasteiger partial charge < -0.3 is 4.90 Å². The zero-order valence-electron chi connectivity index (χ0n) is 13.8. The molecule has 0 spiro atoms. The number of allylic oxidation sites excluding steroid dienone is 1. The van der Waals surface area contributed by atoms with Crippen molar-refractivity contribution in [3.8, 4) is 0 Å². The number of rotatable bonds is 5. The fourth-order valence-corrected chi connectivity index (χ4v) is 2.44. The number of carbonyl (C=O) groups excluding carboxylic acids is 1. The van der Waals surface area contributed by atoms with Crippen molar-refractivity contribution in [3.63, 3.8) is 0 Å². The average Bonchev–Trinajstić information content (AvgIpc) is 2.58. The summed E-state index contributed by atoms with van der Waals surface area (Å²) < 4.78 is 38.7. The molecule has 0 unspecified atom stereocenters. The highest BCUT2D eigenvalue weighted by molar-refractivity contribution is 7.98. The summed E-state index contributed by atoms with van der Waals surface area (Å²) in [4.78, 5) is 22.8. The number of halogens is 3. The highest BCUT2D eigenvalue weighted by Crippen LogP contribution is 2.30. The monoisotopic (exact) mass is 367 g/mol. The predicted octanol–water partition coefficient (Wildman–Crippen LogP) is 4.00. The Morgan fingerprint density at radius 2 is 1.96 bits per heavy atom. The Balaban J connectivity index is 2.50. The number of hydrogen-bond acceptors (Lipinski definition) is 5. The second-order valence-electron chi connectivity index (χ2n) is 5.34. The van der Waals surface area contributed by atoms with Crippen LogP contribution in [0.25, 0.3) is 5.57 Å². The third kappa shape index (κ3) is 4.82. The minimum atomic E-state index is -4.51. The number of aromatic nitrogens is 2. The number of ketones is 1. The molecule has 0 aliphatic heterocycles. The van der Waals surface area contributed by atoms with Gasteiger partial charge in [-0.15, -0.1) is 0 Å². The van der Waals surface area contributed by atoms with E-state index in [1.165, 1.54) is 36.3 Å². The van der Waals surface area contributed by atoms with Crippen molar-refractivity contribution in [2.24, 2.45) is 0 Å². The standard InChI is InChI=1S/C17H16F3N3OS/c1-23(2)10-13(14-7-8-21-16(22-14)25-3)15(24)11-5-4-6-12(9-11)17(18,19)20/h4-10H,1-3H3/b13-10+. The molecule has 0 fully saturated rings. The van der Waals surface area contributed by atoms with Crippen molar-refractivity contribution >= 4 is 23.1 Å². The molecule has 0 radical (unpaired) electrons. The largest absolute Gasteiger partial charge is 0.416 e. The number of thioether (sulfide) groups is 1. The van der Waals surface area contributed by atoms with Crippen LogP contribution in [0.2, 0.25) is 0 Å². The van der Waals surface area contributed by atoms with Crippen molar-refractivity contribution in [3.05, 3.63) is 59.5 Å². The normalized spacial score (nSPS) is 12.2. The molecular formula is C17H16F3N3OS. The lowest BCUT2D eigenvalue weighted by atomic mass is 9.99. The fourth-order valence-electron chi connectivity index (χ4n) is 2.08. The van der Waals surface area contributed by atoms with Gasteiger partial charge in [0.15, 0.2) is 10.9 Å². The van der Waals surface area contributed by atoms with Crippen LogP contribution < -0.4 is 0 Å². The Bertz CT molecular complexity index is 804. The van der Waals surface area contributed by atoms with Gasteiger partial charge in [0.2, 0.25) is 0 Å². The lowest BCUT2D eigenvalue weighted by Gasteiger charge is -2.13. The van der Waals surface area contributed by atoms with Crippen molar-refractivity contribution < 1.29 is 18.0 Å². The van der Waals surface area contributed by atoms with Gasteiger partial charge >= 0.3 is 6.18 Å². The van der Waals surface area contributed by atoms with E-state index in [4.69, 9.17) is 0 Å². The summed E-state index contributed by atoms with van der Waals surface area (Å²) >= 11 is 1.31. The molecule has 0 N–H and O–H groups in total. The van der Waals surface area contributed by atoms with Gasteiger partial charge in [-0.2, -0.15) is 13.2 Å². The summed E-state index contributed by atoms with van der Waals surface area (Å²) in [7, 11) is 3.44. The van der Waals surface area contributed by atoms with Crippen LogP contribution in [-0.2, 0) is 6.18 Å². The van der Waals surface area contributed by atoms with Crippen LogP contribution in [0.1, 0.15) is 21.6 Å². The van der Waals surface area contributed by atoms with Crippen molar-refractivity contribution in [2.75, 3.05) is 20.4 Å². The Hall–Kier alpha value is -2.35. The molecule has 0 atom stereocenters. The average molecular weight is 367 g/mol. The first-order chi connectivity index (χ1) is 11.7. The first-order valence-corrected chi connectivity index (χ1v) is 8.42. The van der Waals surface area contributed by atoms with Crippen LogP contribution in [0.4, 0.5) is 13.2 Å². The maximum atomic E-state index is 12.9. The van der Waals surface area contributed by atoms with Crippen LogP contribution in [0.15, 0.2) is 47.9 Å². The van der Waals surface area contributed by atoms with E-state index in [1.807, 2.05) is 0 Å². The Kier molecular flexibility index (Phi) is 5.84. The van der Waals surface area contributed by atoms with Crippen molar-refractivity contribution in [2.45, 2.75) is 11.3 Å². The molecule has 2 rings (SSSR count). The highest BCUT2D eigenvalue weighted by Gasteiger charge is 2.31. The Morgan fingerprint density at radius 1 is 1.24 bits per heavy atom. The van der Waals surface area contributed by atoms with Gasteiger partial charge in [0, 0.05) is 32.1 Å². The first-order valence-electron chi connectivity index (χ1n) is 7.20. The van der Waals surface area contributed by atoms with Gasteiger partial charge in [0.05, 0.1) is 16.8 Å². The predicted molar refractivity (Wildman–Crippen MR) is 91.3 cm³/mol. The molecule has 1 aromatic carbocycles. The maximum absolute atomic E-state index is 12.9. The van der Waals surface area contributed by atoms with Crippen LogP contribution >= 0.6 is 11.8 Å². The molecule has 0 aliphatic carbocycles. The molecule has 132 valence electrons. The van der Waals surface area contributed by atoms with Gasteiger partial charge in [0.25, 0.3) is 0 Å². The number of benzene rings is 1. The van der Waals surface area contributed by atoms with Crippen LogP contribution in [0.5, 0.6) is 0 Å². The van der Waals surface area contributed by atoms with Gasteiger partial charge in [-0.3, -0.25) is 4.79 Å². The number of Topliss-reactive ketones (excluding diaryl/α,β-unsaturated/α-hetero) is 1. The van der Waals surface area contributed by atoms with E-state index in [-0.39, 0.29) is 11.1 Å². The Labute approximate surface area is 147 Å². The molecular weight excluding hydrogens is 351 g/mol. The first kappa shape index (κ1) is 19.0. The molecule has 2 aromatic rings. The summed E-state index contributed by atoms with van der Waals surface area (Å²) in [5, 5.41) is 0.471. The molecule has 4 nitrogen and oxygen atoms in total. The lowest BCUT2D eigenvalue weighted by Crippen LogP contribution is -2.12. The van der Waals surface area contributed by atoms with E-state index in [1.54, 1.807) is 31.3 Å². The quantitative estimate of drug-likeness (QED) is 0.346. The number of alkyl halides is 3. The summed E-state index contributed by atoms with van der Waals surface area (Å²) in [6, 6.07) is 5.92. The smallest absolute Gasteiger partial charge is 0.383 e. The van der Waals surface area contributed by atoms with Gasteiger partial charge in [-0.05, 0) is 24.5 Å². The molecule has 1 heterocycles. The van der Waals surface area contributed by atoms with Gasteiger partial charge in [-0.1, -0.05) is 23.9 Å². The van der Waals surface area contributed by atoms with Gasteiger partial charge in [0.1, 0.15) is 0 Å². The zero-order valence-corrected chi connectivity index (χ0v) is 14.6. The molecule has 8 heteroatoms. The third-order valence-electron chi connectivity index (χ3n) is 3.18. The lowest BCUT2D eigenvalue weighted by molar-refractivity contribution is -0.137. The van der Waals surface area contributed by atoms with E-state index in [0.29, 0.717) is 10.9 Å². The van der Waals surface area contributed by atoms with Crippen LogP contribution in [0.3, 0.4) is 0 Å². The van der Waals surface area contributed by atoms with Crippen molar-refractivity contribution in [1.29, 1.82) is 0 Å². The van der Waals surface area contributed by atoms with Crippen LogP contribution in [-0.4, -0.2) is 41.0 Å². The second-order valence-corrected chi connectivity index (χ2v) is 6.12. The topological polar surface area (TPSA) is 46.1 Å². The minimum Gasteiger partial charge on any atom is -0.383 e. The van der Waals surface area contributed by atoms with E-state index in [9.17, 15) is 18.0 Å². The molecule has 0 saturated heterocycles. The summed E-state index contributed by atoms with van der Waals surface area (Å²) in [5.41, 5.74) is -0.361. The third-order valence-corrected chi connectivity index (χ3v) is 3.74. The fraction of sp³-hybridized carbons (Fsp3) is 0.235. The second kappa shape index (κ2) is 7.69. The van der Waals surface area contributed by atoms with E-state index in [0.717, 1.165) is 12.1 Å². The molecule has 0 aliphatic rings. The molecule has 1 aromatic heterocycles. The number of hydrogen-bond donors (Lipinski definition) is 0.